The predicted molar refractivity (Wildman–Crippen MR) is 127 cm³/mol. The van der Waals surface area contributed by atoms with Gasteiger partial charge in [-0.1, -0.05) is 0 Å². The van der Waals surface area contributed by atoms with Crippen molar-refractivity contribution in [3.8, 4) is 9.75 Å². The lowest BCUT2D eigenvalue weighted by atomic mass is 10.1. The van der Waals surface area contributed by atoms with Crippen LogP contribution in [0.1, 0.15) is 24.2 Å². The fourth-order valence-corrected chi connectivity index (χ4v) is 6.45. The van der Waals surface area contributed by atoms with Crippen molar-refractivity contribution in [2.45, 2.75) is 19.9 Å². The molecule has 1 fully saturated rings. The summed E-state index contributed by atoms with van der Waals surface area (Å²) >= 11 is 3.16. The molecule has 0 spiro atoms. The summed E-state index contributed by atoms with van der Waals surface area (Å²) in [5.41, 5.74) is 3.10. The Balaban J connectivity index is 1.51. The molecule has 0 unspecified atom stereocenters. The van der Waals surface area contributed by atoms with Crippen LogP contribution in [0.15, 0.2) is 24.0 Å². The second-order valence-electron chi connectivity index (χ2n) is 7.79. The number of carbonyl (C=O) groups is 1. The third-order valence-electron chi connectivity index (χ3n) is 5.07. The lowest BCUT2D eigenvalue weighted by molar-refractivity contribution is 0.0949. The monoisotopic (exact) mass is 479 g/mol. The van der Waals surface area contributed by atoms with Crippen molar-refractivity contribution < 1.29 is 13.2 Å². The predicted octanol–water partition coefficient (Wildman–Crippen LogP) is 2.70. The lowest BCUT2D eigenvalue weighted by Crippen LogP contribution is -2.43. The van der Waals surface area contributed by atoms with Crippen molar-refractivity contribution in [2.24, 2.45) is 0 Å². The molecule has 3 aromatic heterocycles. The number of anilines is 1. The van der Waals surface area contributed by atoms with Crippen LogP contribution in [0, 0.1) is 0 Å². The van der Waals surface area contributed by atoms with Crippen molar-refractivity contribution in [1.82, 2.24) is 20.2 Å². The van der Waals surface area contributed by atoms with Gasteiger partial charge >= 0.3 is 0 Å². The normalized spacial score (nSPS) is 16.6. The molecule has 166 valence electrons. The number of sulfone groups is 1. The van der Waals surface area contributed by atoms with E-state index in [2.05, 4.69) is 31.6 Å². The van der Waals surface area contributed by atoms with E-state index in [0.29, 0.717) is 31.7 Å². The summed E-state index contributed by atoms with van der Waals surface area (Å²) in [6, 6.07) is 2.22. The molecular formula is C20H25N5O3S3. The molecule has 31 heavy (non-hydrogen) atoms. The van der Waals surface area contributed by atoms with E-state index in [4.69, 9.17) is 0 Å². The van der Waals surface area contributed by atoms with Crippen molar-refractivity contribution in [3.05, 3.63) is 29.5 Å². The Labute approximate surface area is 189 Å². The molecule has 3 aromatic rings. The average Bonchev–Trinajstić information content (AvgIpc) is 3.38. The van der Waals surface area contributed by atoms with Crippen molar-refractivity contribution in [2.75, 3.05) is 43.0 Å². The van der Waals surface area contributed by atoms with Gasteiger partial charge in [-0.2, -0.15) is 0 Å². The molecule has 1 amide bonds. The molecular weight excluding hydrogens is 454 g/mol. The van der Waals surface area contributed by atoms with Gasteiger partial charge in [0.25, 0.3) is 5.91 Å². The average molecular weight is 480 g/mol. The summed E-state index contributed by atoms with van der Waals surface area (Å²) in [5.74, 6) is 0.182. The Hall–Kier alpha value is -2.08. The lowest BCUT2D eigenvalue weighted by Gasteiger charge is -2.26. The maximum Gasteiger partial charge on any atom is 0.255 e. The van der Waals surface area contributed by atoms with Gasteiger partial charge in [0.1, 0.15) is 4.83 Å². The molecule has 1 saturated heterocycles. The van der Waals surface area contributed by atoms with Gasteiger partial charge in [-0.15, -0.1) is 22.7 Å². The zero-order chi connectivity index (χ0) is 22.0. The topological polar surface area (TPSA) is 104 Å². The summed E-state index contributed by atoms with van der Waals surface area (Å²) in [6.45, 7) is 6.18. The van der Waals surface area contributed by atoms with E-state index in [-0.39, 0.29) is 23.5 Å². The Morgan fingerprint density at radius 3 is 2.68 bits per heavy atom. The minimum absolute atomic E-state index is 0.152. The summed E-state index contributed by atoms with van der Waals surface area (Å²) in [4.78, 5) is 26.7. The summed E-state index contributed by atoms with van der Waals surface area (Å²) < 4.78 is 23.1. The molecule has 1 aliphatic rings. The molecule has 0 saturated carbocycles. The van der Waals surface area contributed by atoms with Gasteiger partial charge in [-0.05, 0) is 19.9 Å². The van der Waals surface area contributed by atoms with Gasteiger partial charge in [0.2, 0.25) is 0 Å². The number of hydrogen-bond donors (Lipinski definition) is 2. The van der Waals surface area contributed by atoms with Gasteiger partial charge in [0, 0.05) is 54.9 Å². The van der Waals surface area contributed by atoms with Crippen LogP contribution in [-0.2, 0) is 9.84 Å². The van der Waals surface area contributed by atoms with Crippen LogP contribution in [0.25, 0.3) is 20.0 Å². The first-order chi connectivity index (χ1) is 14.8. The van der Waals surface area contributed by atoms with E-state index >= 15 is 0 Å². The maximum atomic E-state index is 13.0. The highest BCUT2D eigenvalue weighted by molar-refractivity contribution is 7.91. The fourth-order valence-electron chi connectivity index (χ4n) is 3.46. The van der Waals surface area contributed by atoms with Crippen LogP contribution in [-0.4, -0.2) is 72.9 Å². The second-order valence-corrected chi connectivity index (χ2v) is 12.0. The molecule has 4 rings (SSSR count). The van der Waals surface area contributed by atoms with E-state index in [1.807, 2.05) is 20.0 Å². The largest absolute Gasteiger partial charge is 0.382 e. The van der Waals surface area contributed by atoms with Crippen LogP contribution in [0.3, 0.4) is 0 Å². The zero-order valence-corrected chi connectivity index (χ0v) is 19.9. The molecule has 8 nitrogen and oxygen atoms in total. The van der Waals surface area contributed by atoms with Crippen molar-refractivity contribution in [1.29, 1.82) is 0 Å². The Morgan fingerprint density at radius 1 is 1.23 bits per heavy atom. The molecule has 1 aliphatic heterocycles. The van der Waals surface area contributed by atoms with Crippen molar-refractivity contribution in [3.63, 3.8) is 0 Å². The number of carbonyl (C=O) groups excluding carboxylic acids is 1. The van der Waals surface area contributed by atoms with Crippen LogP contribution < -0.4 is 10.6 Å². The molecule has 0 radical (unpaired) electrons. The highest BCUT2D eigenvalue weighted by Gasteiger charge is 2.22. The quantitative estimate of drug-likeness (QED) is 0.537. The van der Waals surface area contributed by atoms with E-state index in [0.717, 1.165) is 25.7 Å². The molecule has 11 heteroatoms. The highest BCUT2D eigenvalue weighted by atomic mass is 32.2. The highest BCUT2D eigenvalue weighted by Crippen LogP contribution is 2.38. The fraction of sp³-hybridized carbons (Fsp3) is 0.450. The number of pyridine rings is 1. The van der Waals surface area contributed by atoms with Crippen LogP contribution in [0.5, 0.6) is 0 Å². The molecule has 4 heterocycles. The van der Waals surface area contributed by atoms with Gasteiger partial charge in [0.05, 0.1) is 33.1 Å². The molecule has 2 N–H and O–H groups in total. The number of fused-ring (bicyclic) bond motifs is 1. The second kappa shape index (κ2) is 9.19. The third-order valence-corrected chi connectivity index (χ3v) is 8.69. The number of aromatic nitrogens is 2. The van der Waals surface area contributed by atoms with E-state index in [1.165, 1.54) is 0 Å². The Kier molecular flexibility index (Phi) is 6.56. The Bertz CT molecular complexity index is 1160. The molecule has 0 aromatic carbocycles. The smallest absolute Gasteiger partial charge is 0.255 e. The van der Waals surface area contributed by atoms with Crippen LogP contribution in [0.2, 0.25) is 0 Å². The van der Waals surface area contributed by atoms with Crippen LogP contribution >= 0.6 is 22.7 Å². The van der Waals surface area contributed by atoms with E-state index in [1.54, 1.807) is 34.4 Å². The number of nitrogens with one attached hydrogen (secondary N) is 2. The first kappa shape index (κ1) is 22.1. The SMILES string of the molecule is CC(C)Nc1c(C(=O)NCCN2CCS(=O)(=O)CC2)cnc2sc(-c3cncs3)cc12. The Morgan fingerprint density at radius 2 is 2.00 bits per heavy atom. The number of hydrogen-bond acceptors (Lipinski definition) is 9. The summed E-state index contributed by atoms with van der Waals surface area (Å²) in [7, 11) is -2.90. The standard InChI is InChI=1S/C20H25N5O3S3/c1-13(2)24-18-14-9-16(17-11-21-12-29-17)30-20(14)23-10-15(18)19(26)22-3-4-25-5-7-31(27,28)8-6-25/h9-13H,3-8H2,1-2H3,(H,22,26)(H,23,24). The maximum absolute atomic E-state index is 13.0. The van der Waals surface area contributed by atoms with E-state index < -0.39 is 9.84 Å². The van der Waals surface area contributed by atoms with Gasteiger partial charge in [-0.3, -0.25) is 14.7 Å². The van der Waals surface area contributed by atoms with Gasteiger partial charge in [-0.25, -0.2) is 13.4 Å². The van der Waals surface area contributed by atoms with Gasteiger partial charge < -0.3 is 10.6 Å². The number of amides is 1. The van der Waals surface area contributed by atoms with Gasteiger partial charge in [0.15, 0.2) is 9.84 Å². The third kappa shape index (κ3) is 5.22. The summed E-state index contributed by atoms with van der Waals surface area (Å²) in [5, 5.41) is 7.31. The summed E-state index contributed by atoms with van der Waals surface area (Å²) in [6.07, 6.45) is 3.47. The molecule has 0 bridgehead atoms. The zero-order valence-electron chi connectivity index (χ0n) is 17.4. The minimum Gasteiger partial charge on any atom is -0.382 e. The molecule has 0 aliphatic carbocycles. The minimum atomic E-state index is -2.90. The number of nitrogens with zero attached hydrogens (tertiary/aromatic N) is 3. The first-order valence-corrected chi connectivity index (χ1v) is 13.6. The number of thiazole rings is 1. The molecule has 0 atom stereocenters. The van der Waals surface area contributed by atoms with Crippen molar-refractivity contribution >= 4 is 54.3 Å². The number of rotatable bonds is 7. The van der Waals surface area contributed by atoms with Crippen LogP contribution in [0.4, 0.5) is 5.69 Å². The first-order valence-electron chi connectivity index (χ1n) is 10.1. The number of thiophene rings is 1. The van der Waals surface area contributed by atoms with E-state index in [9.17, 15) is 13.2 Å².